The van der Waals surface area contributed by atoms with Gasteiger partial charge in [-0.05, 0) is 24.6 Å². The highest BCUT2D eigenvalue weighted by molar-refractivity contribution is 9.10. The maximum Gasteiger partial charge on any atom is 0.152 e. The van der Waals surface area contributed by atoms with E-state index in [1.807, 2.05) is 10.6 Å². The minimum absolute atomic E-state index is 0.238. The average molecular weight is 289 g/mol. The summed E-state index contributed by atoms with van der Waals surface area (Å²) >= 11 is 3.40. The molecule has 1 aliphatic heterocycles. The lowest BCUT2D eigenvalue weighted by molar-refractivity contribution is -0.120. The molecule has 1 aromatic heterocycles. The number of nitriles is 1. The maximum atomic E-state index is 11.5. The lowest BCUT2D eigenvalue weighted by Crippen LogP contribution is -2.19. The number of nitrogens with zero attached hydrogens (tertiary/aromatic N) is 2. The number of ketones is 1. The van der Waals surface area contributed by atoms with E-state index in [2.05, 4.69) is 28.1 Å². The van der Waals surface area contributed by atoms with E-state index in [4.69, 9.17) is 0 Å². The topological polar surface area (TPSA) is 45.8 Å². The zero-order chi connectivity index (χ0) is 12.0. The summed E-state index contributed by atoms with van der Waals surface area (Å²) in [7, 11) is 0. The summed E-state index contributed by atoms with van der Waals surface area (Å²) in [6, 6.07) is 8.07. The Morgan fingerprint density at radius 2 is 2.12 bits per heavy atom. The Balaban J connectivity index is 2.38. The summed E-state index contributed by atoms with van der Waals surface area (Å²) in [5.41, 5.74) is 2.66. The van der Waals surface area contributed by atoms with E-state index < -0.39 is 0 Å². The lowest BCUT2D eigenvalue weighted by atomic mass is 10.1. The Morgan fingerprint density at radius 3 is 2.88 bits per heavy atom. The number of benzene rings is 1. The molecule has 0 saturated carbocycles. The fourth-order valence-electron chi connectivity index (χ4n) is 2.43. The van der Waals surface area contributed by atoms with Crippen molar-refractivity contribution in [3.63, 3.8) is 0 Å². The van der Waals surface area contributed by atoms with Crippen LogP contribution in [0.25, 0.3) is 10.9 Å². The van der Waals surface area contributed by atoms with Crippen LogP contribution in [0.15, 0.2) is 22.7 Å². The minimum atomic E-state index is 0.238. The zero-order valence-corrected chi connectivity index (χ0v) is 10.6. The first-order valence-corrected chi connectivity index (χ1v) is 6.22. The van der Waals surface area contributed by atoms with E-state index >= 15 is 0 Å². The number of aryl methyl sites for hydroxylation is 1. The van der Waals surface area contributed by atoms with E-state index in [0.29, 0.717) is 18.5 Å². The van der Waals surface area contributed by atoms with Crippen LogP contribution in [0.4, 0.5) is 0 Å². The minimum Gasteiger partial charge on any atom is -0.336 e. The molecule has 0 unspecified atom stereocenters. The fourth-order valence-corrected chi connectivity index (χ4v) is 2.90. The second-order valence-electron chi connectivity index (χ2n) is 4.26. The number of aromatic nitrogens is 1. The number of fused-ring (bicyclic) bond motifs is 3. The molecule has 0 amide bonds. The fraction of sp³-hybridized carbons (Fsp3) is 0.231. The Bertz CT molecular complexity index is 679. The number of rotatable bonds is 0. The standard InChI is InChI=1S/C13H9BrN2O/c14-10-3-8-5-11-1-2-12(17)7-16(11)13(8)9(4-10)6-15/h3-5H,1-2,7H2. The van der Waals surface area contributed by atoms with Gasteiger partial charge in [-0.25, -0.2) is 0 Å². The molecular weight excluding hydrogens is 280 g/mol. The highest BCUT2D eigenvalue weighted by Crippen LogP contribution is 2.29. The molecule has 1 aliphatic rings. The molecule has 0 N–H and O–H groups in total. The molecule has 0 fully saturated rings. The van der Waals surface area contributed by atoms with E-state index in [9.17, 15) is 10.1 Å². The van der Waals surface area contributed by atoms with Gasteiger partial charge in [-0.3, -0.25) is 4.79 Å². The van der Waals surface area contributed by atoms with Crippen molar-refractivity contribution >= 4 is 32.6 Å². The van der Waals surface area contributed by atoms with Crippen molar-refractivity contribution in [3.05, 3.63) is 33.9 Å². The van der Waals surface area contributed by atoms with Gasteiger partial charge in [0.25, 0.3) is 0 Å². The summed E-state index contributed by atoms with van der Waals surface area (Å²) in [5, 5.41) is 10.2. The number of carbonyl (C=O) groups is 1. The molecular formula is C13H9BrN2O. The van der Waals surface area contributed by atoms with Gasteiger partial charge in [0.2, 0.25) is 0 Å². The Kier molecular flexibility index (Phi) is 2.30. The normalized spacial score (nSPS) is 14.7. The number of carbonyl (C=O) groups excluding carboxylic acids is 1. The van der Waals surface area contributed by atoms with E-state index in [1.54, 1.807) is 6.07 Å². The van der Waals surface area contributed by atoms with E-state index in [0.717, 1.165) is 27.5 Å². The molecule has 0 atom stereocenters. The van der Waals surface area contributed by atoms with Crippen molar-refractivity contribution < 1.29 is 4.79 Å². The predicted octanol–water partition coefficient (Wildman–Crippen LogP) is 2.79. The third kappa shape index (κ3) is 1.58. The lowest BCUT2D eigenvalue weighted by Gasteiger charge is -2.15. The molecule has 3 rings (SSSR count). The zero-order valence-electron chi connectivity index (χ0n) is 9.03. The van der Waals surface area contributed by atoms with Gasteiger partial charge in [-0.1, -0.05) is 15.9 Å². The van der Waals surface area contributed by atoms with Crippen LogP contribution < -0.4 is 0 Å². The van der Waals surface area contributed by atoms with Crippen molar-refractivity contribution in [1.29, 1.82) is 5.26 Å². The van der Waals surface area contributed by atoms with Gasteiger partial charge in [-0.15, -0.1) is 0 Å². The summed E-state index contributed by atoms with van der Waals surface area (Å²) < 4.78 is 2.88. The van der Waals surface area contributed by atoms with Crippen molar-refractivity contribution in [3.8, 4) is 6.07 Å². The Hall–Kier alpha value is -1.60. The smallest absolute Gasteiger partial charge is 0.152 e. The SMILES string of the molecule is N#Cc1cc(Br)cc2cc3n(c12)CC(=O)CC3. The van der Waals surface area contributed by atoms with Crippen molar-refractivity contribution in [2.24, 2.45) is 0 Å². The van der Waals surface area contributed by atoms with Crippen molar-refractivity contribution in [1.82, 2.24) is 4.57 Å². The van der Waals surface area contributed by atoms with Crippen LogP contribution >= 0.6 is 15.9 Å². The van der Waals surface area contributed by atoms with E-state index in [-0.39, 0.29) is 5.78 Å². The molecule has 84 valence electrons. The average Bonchev–Trinajstić information content (AvgIpc) is 2.65. The summed E-state index contributed by atoms with van der Waals surface area (Å²) in [5.74, 6) is 0.238. The van der Waals surface area contributed by atoms with Gasteiger partial charge in [0.15, 0.2) is 5.78 Å². The van der Waals surface area contributed by atoms with Crippen LogP contribution in [0.5, 0.6) is 0 Å². The van der Waals surface area contributed by atoms with Crippen molar-refractivity contribution in [2.45, 2.75) is 19.4 Å². The van der Waals surface area contributed by atoms with Crippen LogP contribution in [0.2, 0.25) is 0 Å². The molecule has 4 heteroatoms. The second-order valence-corrected chi connectivity index (χ2v) is 5.18. The molecule has 2 aromatic rings. The molecule has 0 bridgehead atoms. The first-order valence-electron chi connectivity index (χ1n) is 5.42. The van der Waals surface area contributed by atoms with Crippen LogP contribution in [0.3, 0.4) is 0 Å². The highest BCUT2D eigenvalue weighted by atomic mass is 79.9. The van der Waals surface area contributed by atoms with Gasteiger partial charge in [0.05, 0.1) is 17.6 Å². The summed E-state index contributed by atoms with van der Waals surface area (Å²) in [6.45, 7) is 0.398. The highest BCUT2D eigenvalue weighted by Gasteiger charge is 2.20. The number of halogens is 1. The van der Waals surface area contributed by atoms with E-state index in [1.165, 1.54) is 0 Å². The Labute approximate surface area is 107 Å². The maximum absolute atomic E-state index is 11.5. The van der Waals surface area contributed by atoms with Crippen LogP contribution in [0.1, 0.15) is 17.7 Å². The van der Waals surface area contributed by atoms with Gasteiger partial charge in [0, 0.05) is 22.0 Å². The quantitative estimate of drug-likeness (QED) is 0.748. The summed E-state index contributed by atoms with van der Waals surface area (Å²) in [4.78, 5) is 11.5. The van der Waals surface area contributed by atoms with Gasteiger partial charge < -0.3 is 4.57 Å². The molecule has 1 aromatic carbocycles. The Morgan fingerprint density at radius 1 is 1.29 bits per heavy atom. The monoisotopic (exact) mass is 288 g/mol. The van der Waals surface area contributed by atoms with Gasteiger partial charge >= 0.3 is 0 Å². The first kappa shape index (κ1) is 10.5. The van der Waals surface area contributed by atoms with Crippen LogP contribution in [-0.2, 0) is 17.8 Å². The first-order chi connectivity index (χ1) is 8.19. The molecule has 17 heavy (non-hydrogen) atoms. The molecule has 0 radical (unpaired) electrons. The van der Waals surface area contributed by atoms with Gasteiger partial charge in [-0.2, -0.15) is 5.26 Å². The number of Topliss-reactive ketones (excluding diaryl/α,β-unsaturated/α-hetero) is 1. The third-order valence-electron chi connectivity index (χ3n) is 3.16. The molecule has 3 nitrogen and oxygen atoms in total. The van der Waals surface area contributed by atoms with Crippen molar-refractivity contribution in [2.75, 3.05) is 0 Å². The summed E-state index contributed by atoms with van der Waals surface area (Å²) in [6.07, 6.45) is 1.38. The second kappa shape index (κ2) is 3.71. The van der Waals surface area contributed by atoms with Crippen LogP contribution in [-0.4, -0.2) is 10.4 Å². The van der Waals surface area contributed by atoms with Crippen LogP contribution in [0, 0.1) is 11.3 Å². The third-order valence-corrected chi connectivity index (χ3v) is 3.62. The number of hydrogen-bond donors (Lipinski definition) is 0. The molecule has 2 heterocycles. The van der Waals surface area contributed by atoms with Gasteiger partial charge in [0.1, 0.15) is 6.07 Å². The molecule has 0 aliphatic carbocycles. The molecule has 0 saturated heterocycles. The molecule has 0 spiro atoms. The predicted molar refractivity (Wildman–Crippen MR) is 67.7 cm³/mol. The largest absolute Gasteiger partial charge is 0.336 e. The number of hydrogen-bond acceptors (Lipinski definition) is 2.